The van der Waals surface area contributed by atoms with Gasteiger partial charge in [-0.15, -0.1) is 0 Å². The highest BCUT2D eigenvalue weighted by molar-refractivity contribution is 8.14. The second-order valence-electron chi connectivity index (χ2n) is 2.23. The van der Waals surface area contributed by atoms with Crippen molar-refractivity contribution in [3.05, 3.63) is 42.5 Å². The van der Waals surface area contributed by atoms with Crippen LogP contribution in [0.4, 0.5) is 0 Å². The van der Waals surface area contributed by atoms with Gasteiger partial charge < -0.3 is 0 Å². The molecule has 2 heteroatoms. The monoisotopic (exact) mass is 178 g/mol. The molecule has 0 N–H and O–H groups in total. The summed E-state index contributed by atoms with van der Waals surface area (Å²) in [6, 6.07) is 9.62. The SMILES string of the molecule is C/C=C/C(=O)Sc1ccccc1. The summed E-state index contributed by atoms with van der Waals surface area (Å²) in [5.41, 5.74) is 0. The van der Waals surface area contributed by atoms with Crippen molar-refractivity contribution < 1.29 is 4.79 Å². The molecule has 62 valence electrons. The van der Waals surface area contributed by atoms with Gasteiger partial charge in [0, 0.05) is 4.90 Å². The zero-order valence-corrected chi connectivity index (χ0v) is 7.67. The van der Waals surface area contributed by atoms with Gasteiger partial charge in [0.1, 0.15) is 0 Å². The highest BCUT2D eigenvalue weighted by Crippen LogP contribution is 2.17. The molecule has 0 atom stereocenters. The van der Waals surface area contributed by atoms with Crippen LogP contribution in [0.5, 0.6) is 0 Å². The number of hydrogen-bond donors (Lipinski definition) is 0. The van der Waals surface area contributed by atoms with Crippen LogP contribution in [0.25, 0.3) is 0 Å². The molecule has 0 bridgehead atoms. The van der Waals surface area contributed by atoms with Crippen molar-refractivity contribution in [1.82, 2.24) is 0 Å². The lowest BCUT2D eigenvalue weighted by atomic mass is 10.4. The van der Waals surface area contributed by atoms with Crippen LogP contribution in [0.3, 0.4) is 0 Å². The summed E-state index contributed by atoms with van der Waals surface area (Å²) >= 11 is 1.24. The average Bonchev–Trinajstić information content (AvgIpc) is 2.06. The van der Waals surface area contributed by atoms with Gasteiger partial charge in [0.05, 0.1) is 0 Å². The van der Waals surface area contributed by atoms with Gasteiger partial charge in [-0.2, -0.15) is 0 Å². The number of carbonyl (C=O) groups is 1. The standard InChI is InChI=1S/C10H10OS/c1-2-6-10(11)12-9-7-4-3-5-8-9/h2-8H,1H3/b6-2+. The maximum absolute atomic E-state index is 11.1. The summed E-state index contributed by atoms with van der Waals surface area (Å²) in [4.78, 5) is 12.1. The van der Waals surface area contributed by atoms with E-state index < -0.39 is 0 Å². The molecule has 0 saturated carbocycles. The lowest BCUT2D eigenvalue weighted by Gasteiger charge is -1.94. The van der Waals surface area contributed by atoms with Crippen molar-refractivity contribution in [3.63, 3.8) is 0 Å². The maximum Gasteiger partial charge on any atom is 0.216 e. The van der Waals surface area contributed by atoms with Gasteiger partial charge in [-0.05, 0) is 36.9 Å². The lowest BCUT2D eigenvalue weighted by molar-refractivity contribution is -0.107. The smallest absolute Gasteiger partial charge is 0.216 e. The van der Waals surface area contributed by atoms with E-state index in [-0.39, 0.29) is 5.12 Å². The third kappa shape index (κ3) is 2.93. The molecule has 0 aromatic heterocycles. The molecule has 1 nitrogen and oxygen atoms in total. The largest absolute Gasteiger partial charge is 0.282 e. The van der Waals surface area contributed by atoms with Crippen LogP contribution in [-0.4, -0.2) is 5.12 Å². The van der Waals surface area contributed by atoms with Crippen LogP contribution in [0, 0.1) is 0 Å². The maximum atomic E-state index is 11.1. The summed E-state index contributed by atoms with van der Waals surface area (Å²) in [6.45, 7) is 1.84. The molecule has 0 fully saturated rings. The third-order valence-corrected chi connectivity index (χ3v) is 2.11. The minimum Gasteiger partial charge on any atom is -0.282 e. The van der Waals surface area contributed by atoms with E-state index in [4.69, 9.17) is 0 Å². The van der Waals surface area contributed by atoms with E-state index in [0.717, 1.165) is 4.90 Å². The van der Waals surface area contributed by atoms with E-state index in [9.17, 15) is 4.79 Å². The van der Waals surface area contributed by atoms with Crippen molar-refractivity contribution in [2.75, 3.05) is 0 Å². The Morgan fingerprint density at radius 2 is 2.00 bits per heavy atom. The number of allylic oxidation sites excluding steroid dienone is 1. The summed E-state index contributed by atoms with van der Waals surface area (Å²) < 4.78 is 0. The first-order valence-electron chi connectivity index (χ1n) is 3.72. The van der Waals surface area contributed by atoms with Gasteiger partial charge in [-0.25, -0.2) is 0 Å². The molecule has 0 heterocycles. The predicted molar refractivity (Wildman–Crippen MR) is 52.1 cm³/mol. The summed E-state index contributed by atoms with van der Waals surface area (Å²) in [6.07, 6.45) is 3.32. The molecular formula is C10H10OS. The van der Waals surface area contributed by atoms with E-state index in [0.29, 0.717) is 0 Å². The Balaban J connectivity index is 2.59. The first-order valence-corrected chi connectivity index (χ1v) is 4.54. The second kappa shape index (κ2) is 4.78. The molecule has 1 rings (SSSR count). The fraction of sp³-hybridized carbons (Fsp3) is 0.100. The number of benzene rings is 1. The average molecular weight is 178 g/mol. The van der Waals surface area contributed by atoms with Gasteiger partial charge in [0.15, 0.2) is 0 Å². The van der Waals surface area contributed by atoms with Crippen LogP contribution in [0.2, 0.25) is 0 Å². The highest BCUT2D eigenvalue weighted by Gasteiger charge is 1.97. The molecule has 0 saturated heterocycles. The molecule has 0 radical (unpaired) electrons. The molecule has 0 aliphatic rings. The van der Waals surface area contributed by atoms with Gasteiger partial charge in [-0.1, -0.05) is 24.3 Å². The predicted octanol–water partition coefficient (Wildman–Crippen LogP) is 2.88. The Hall–Kier alpha value is -1.02. The van der Waals surface area contributed by atoms with Crippen molar-refractivity contribution in [3.8, 4) is 0 Å². The topological polar surface area (TPSA) is 17.1 Å². The van der Waals surface area contributed by atoms with Crippen molar-refractivity contribution >= 4 is 16.9 Å². The fourth-order valence-corrected chi connectivity index (χ4v) is 1.50. The molecule has 0 aliphatic heterocycles. The van der Waals surface area contributed by atoms with Crippen LogP contribution < -0.4 is 0 Å². The summed E-state index contributed by atoms with van der Waals surface area (Å²) in [7, 11) is 0. The van der Waals surface area contributed by atoms with E-state index in [1.54, 1.807) is 12.2 Å². The number of hydrogen-bond acceptors (Lipinski definition) is 2. The number of carbonyl (C=O) groups excluding carboxylic acids is 1. The minimum absolute atomic E-state index is 0.0729. The molecule has 0 spiro atoms. The fourth-order valence-electron chi connectivity index (χ4n) is 0.775. The minimum atomic E-state index is 0.0729. The molecule has 1 aromatic carbocycles. The van der Waals surface area contributed by atoms with Gasteiger partial charge in [0.25, 0.3) is 0 Å². The summed E-state index contributed by atoms with van der Waals surface area (Å²) in [5.74, 6) is 0. The zero-order valence-electron chi connectivity index (χ0n) is 6.86. The first kappa shape index (κ1) is 9.07. The van der Waals surface area contributed by atoms with Crippen molar-refractivity contribution in [2.24, 2.45) is 0 Å². The van der Waals surface area contributed by atoms with E-state index >= 15 is 0 Å². The molecule has 0 unspecified atom stereocenters. The number of thioether (sulfide) groups is 1. The Bertz CT molecular complexity index is 277. The molecule has 0 amide bonds. The lowest BCUT2D eigenvalue weighted by Crippen LogP contribution is -1.82. The van der Waals surface area contributed by atoms with Crippen LogP contribution >= 0.6 is 11.8 Å². The second-order valence-corrected chi connectivity index (χ2v) is 3.31. The number of rotatable bonds is 2. The Labute approximate surface area is 76.5 Å². The van der Waals surface area contributed by atoms with Crippen LogP contribution in [-0.2, 0) is 4.79 Å². The van der Waals surface area contributed by atoms with E-state index in [2.05, 4.69) is 0 Å². The first-order chi connectivity index (χ1) is 5.83. The van der Waals surface area contributed by atoms with Gasteiger partial charge >= 0.3 is 0 Å². The zero-order chi connectivity index (χ0) is 8.81. The van der Waals surface area contributed by atoms with E-state index in [1.807, 2.05) is 37.3 Å². The van der Waals surface area contributed by atoms with Gasteiger partial charge in [-0.3, -0.25) is 4.79 Å². The molecule has 12 heavy (non-hydrogen) atoms. The molecule has 1 aromatic rings. The Morgan fingerprint density at radius 3 is 2.58 bits per heavy atom. The van der Waals surface area contributed by atoms with Crippen molar-refractivity contribution in [1.29, 1.82) is 0 Å². The molecular weight excluding hydrogens is 168 g/mol. The van der Waals surface area contributed by atoms with Crippen LogP contribution in [0.15, 0.2) is 47.4 Å². The highest BCUT2D eigenvalue weighted by atomic mass is 32.2. The quantitative estimate of drug-likeness (QED) is 0.511. The van der Waals surface area contributed by atoms with E-state index in [1.165, 1.54) is 11.8 Å². The normalized spacial score (nSPS) is 10.4. The van der Waals surface area contributed by atoms with Crippen molar-refractivity contribution in [2.45, 2.75) is 11.8 Å². The summed E-state index contributed by atoms with van der Waals surface area (Å²) in [5, 5.41) is 0.0729. The molecule has 0 aliphatic carbocycles. The third-order valence-electron chi connectivity index (χ3n) is 1.26. The Kier molecular flexibility index (Phi) is 3.61. The van der Waals surface area contributed by atoms with Gasteiger partial charge in [0.2, 0.25) is 5.12 Å². The van der Waals surface area contributed by atoms with Crippen LogP contribution in [0.1, 0.15) is 6.92 Å². The Morgan fingerprint density at radius 1 is 1.33 bits per heavy atom.